The van der Waals surface area contributed by atoms with Crippen molar-refractivity contribution in [3.63, 3.8) is 0 Å². The lowest BCUT2D eigenvalue weighted by atomic mass is 10.1. The maximum atomic E-state index is 11.5. The van der Waals surface area contributed by atoms with Crippen molar-refractivity contribution in [2.45, 2.75) is 11.4 Å². The van der Waals surface area contributed by atoms with Crippen LogP contribution in [0.25, 0.3) is 0 Å². The summed E-state index contributed by atoms with van der Waals surface area (Å²) in [5.74, 6) is -0.944. The number of carboxylic acids is 1. The molecule has 1 atom stereocenters. The Kier molecular flexibility index (Phi) is 3.90. The first-order valence-corrected chi connectivity index (χ1v) is 6.65. The van der Waals surface area contributed by atoms with Gasteiger partial charge in [0.15, 0.2) is 4.45 Å². The fraction of sp³-hybridized carbons (Fsp3) is 0.133. The van der Waals surface area contributed by atoms with Crippen LogP contribution < -0.4 is 4.90 Å². The maximum absolute atomic E-state index is 11.5. The number of halogens is 1. The van der Waals surface area contributed by atoms with E-state index in [0.29, 0.717) is 0 Å². The Morgan fingerprint density at radius 1 is 1.00 bits per heavy atom. The van der Waals surface area contributed by atoms with Crippen molar-refractivity contribution in [1.29, 1.82) is 0 Å². The molecule has 0 bridgehead atoms. The summed E-state index contributed by atoms with van der Waals surface area (Å²) >= 11 is 3.31. The molecule has 0 spiro atoms. The predicted molar refractivity (Wildman–Crippen MR) is 80.0 cm³/mol. The van der Waals surface area contributed by atoms with Crippen molar-refractivity contribution in [1.82, 2.24) is 0 Å². The summed E-state index contributed by atoms with van der Waals surface area (Å²) in [6, 6.07) is 18.9. The number of carboxylic acid groups (broad SMARTS) is 1. The largest absolute Gasteiger partial charge is 0.479 e. The van der Waals surface area contributed by atoms with Crippen LogP contribution in [0.4, 0.5) is 11.4 Å². The Bertz CT molecular complexity index is 515. The maximum Gasteiger partial charge on any atom is 0.340 e. The average molecular weight is 320 g/mol. The van der Waals surface area contributed by atoms with E-state index < -0.39 is 10.4 Å². The Labute approximate surface area is 120 Å². The lowest BCUT2D eigenvalue weighted by Gasteiger charge is -2.35. The molecule has 0 aliphatic carbocycles. The molecule has 0 saturated heterocycles. The first kappa shape index (κ1) is 13.6. The standard InChI is InChI=1S/C15H14BrNO2/c1-15(16,14(18)19)17(12-8-4-2-5-9-12)13-10-6-3-7-11-13/h2-11H,1H3,(H,18,19)/t15-/m0/s1. The molecule has 0 saturated carbocycles. The molecule has 0 aromatic heterocycles. The fourth-order valence-electron chi connectivity index (χ4n) is 1.88. The molecule has 2 aromatic rings. The van der Waals surface area contributed by atoms with Gasteiger partial charge in [0.2, 0.25) is 0 Å². The van der Waals surface area contributed by atoms with Gasteiger partial charge in [-0.2, -0.15) is 0 Å². The zero-order valence-corrected chi connectivity index (χ0v) is 12.0. The van der Waals surface area contributed by atoms with E-state index in [1.165, 1.54) is 0 Å². The van der Waals surface area contributed by atoms with Crippen LogP contribution in [-0.4, -0.2) is 15.5 Å². The molecule has 3 nitrogen and oxygen atoms in total. The monoisotopic (exact) mass is 319 g/mol. The Morgan fingerprint density at radius 3 is 1.68 bits per heavy atom. The number of hydrogen-bond acceptors (Lipinski definition) is 2. The predicted octanol–water partition coefficient (Wildman–Crippen LogP) is 4.02. The van der Waals surface area contributed by atoms with E-state index in [4.69, 9.17) is 0 Å². The minimum Gasteiger partial charge on any atom is -0.479 e. The molecule has 0 heterocycles. The van der Waals surface area contributed by atoms with Crippen LogP contribution in [-0.2, 0) is 4.79 Å². The Balaban J connectivity index is 2.55. The SMILES string of the molecule is C[C@@](Br)(C(=O)O)N(c1ccccc1)c1ccccc1. The number of carbonyl (C=O) groups is 1. The zero-order chi connectivity index (χ0) is 13.9. The van der Waals surface area contributed by atoms with E-state index >= 15 is 0 Å². The molecular weight excluding hydrogens is 306 g/mol. The summed E-state index contributed by atoms with van der Waals surface area (Å²) in [7, 11) is 0. The first-order valence-electron chi connectivity index (χ1n) is 5.86. The van der Waals surface area contributed by atoms with Gasteiger partial charge in [-0.1, -0.05) is 36.4 Å². The van der Waals surface area contributed by atoms with E-state index in [1.54, 1.807) is 11.8 Å². The normalized spacial score (nSPS) is 13.6. The molecule has 1 N–H and O–H groups in total. The fourth-order valence-corrected chi connectivity index (χ4v) is 2.29. The van der Waals surface area contributed by atoms with Crippen molar-refractivity contribution in [3.8, 4) is 0 Å². The topological polar surface area (TPSA) is 40.5 Å². The smallest absolute Gasteiger partial charge is 0.340 e. The van der Waals surface area contributed by atoms with Crippen LogP contribution in [0.3, 0.4) is 0 Å². The molecular formula is C15H14BrNO2. The molecule has 2 aromatic carbocycles. The number of benzene rings is 2. The molecule has 98 valence electrons. The second-order valence-corrected chi connectivity index (χ2v) is 5.81. The quantitative estimate of drug-likeness (QED) is 0.683. The second kappa shape index (κ2) is 5.45. The van der Waals surface area contributed by atoms with E-state index in [2.05, 4.69) is 15.9 Å². The van der Waals surface area contributed by atoms with Crippen LogP contribution >= 0.6 is 15.9 Å². The van der Waals surface area contributed by atoms with Crippen LogP contribution in [0.2, 0.25) is 0 Å². The second-order valence-electron chi connectivity index (χ2n) is 4.27. The number of rotatable bonds is 4. The summed E-state index contributed by atoms with van der Waals surface area (Å²) in [5.41, 5.74) is 1.63. The third-order valence-electron chi connectivity index (χ3n) is 2.84. The highest BCUT2D eigenvalue weighted by Gasteiger charge is 2.38. The van der Waals surface area contributed by atoms with Crippen LogP contribution in [0, 0.1) is 0 Å². The van der Waals surface area contributed by atoms with E-state index in [1.807, 2.05) is 60.7 Å². The molecule has 4 heteroatoms. The highest BCUT2D eigenvalue weighted by Crippen LogP contribution is 2.36. The summed E-state index contributed by atoms with van der Waals surface area (Å²) in [5, 5.41) is 9.45. The molecule has 2 rings (SSSR count). The van der Waals surface area contributed by atoms with Crippen molar-refractivity contribution in [2.24, 2.45) is 0 Å². The Hall–Kier alpha value is -1.81. The van der Waals surface area contributed by atoms with E-state index in [9.17, 15) is 9.90 Å². The summed E-state index contributed by atoms with van der Waals surface area (Å²) in [4.78, 5) is 13.3. The molecule has 0 amide bonds. The van der Waals surface area contributed by atoms with Gasteiger partial charge in [0.1, 0.15) is 0 Å². The van der Waals surface area contributed by atoms with Gasteiger partial charge in [-0.05, 0) is 47.1 Å². The highest BCUT2D eigenvalue weighted by molar-refractivity contribution is 9.10. The molecule has 0 aliphatic heterocycles. The van der Waals surface area contributed by atoms with Crippen LogP contribution in [0.15, 0.2) is 60.7 Å². The van der Waals surface area contributed by atoms with Gasteiger partial charge in [-0.15, -0.1) is 0 Å². The number of alkyl halides is 1. The number of aliphatic carboxylic acids is 1. The number of anilines is 2. The molecule has 0 aliphatic rings. The van der Waals surface area contributed by atoms with E-state index in [0.717, 1.165) is 11.4 Å². The Morgan fingerprint density at radius 2 is 1.37 bits per heavy atom. The van der Waals surface area contributed by atoms with Crippen LogP contribution in [0.1, 0.15) is 6.92 Å². The lowest BCUT2D eigenvalue weighted by Crippen LogP contribution is -2.44. The molecule has 0 unspecified atom stereocenters. The average Bonchev–Trinajstić information content (AvgIpc) is 2.41. The first-order chi connectivity index (χ1) is 9.03. The number of para-hydroxylation sites is 2. The van der Waals surface area contributed by atoms with Crippen molar-refractivity contribution in [2.75, 3.05) is 4.90 Å². The van der Waals surface area contributed by atoms with Gasteiger partial charge in [-0.25, -0.2) is 4.79 Å². The third kappa shape index (κ3) is 2.79. The minimum absolute atomic E-state index is 0.815. The minimum atomic E-state index is -1.21. The number of nitrogens with zero attached hydrogens (tertiary/aromatic N) is 1. The van der Waals surface area contributed by atoms with Gasteiger partial charge in [0.05, 0.1) is 0 Å². The van der Waals surface area contributed by atoms with Gasteiger partial charge in [-0.3, -0.25) is 0 Å². The van der Waals surface area contributed by atoms with Crippen molar-refractivity contribution < 1.29 is 9.90 Å². The van der Waals surface area contributed by atoms with Gasteiger partial charge >= 0.3 is 5.97 Å². The molecule has 0 fully saturated rings. The zero-order valence-electron chi connectivity index (χ0n) is 10.5. The van der Waals surface area contributed by atoms with Crippen molar-refractivity contribution >= 4 is 33.3 Å². The summed E-state index contributed by atoms with van der Waals surface area (Å²) in [6.45, 7) is 1.62. The highest BCUT2D eigenvalue weighted by atomic mass is 79.9. The summed E-state index contributed by atoms with van der Waals surface area (Å²) in [6.07, 6.45) is 0. The van der Waals surface area contributed by atoms with Gasteiger partial charge < -0.3 is 10.0 Å². The van der Waals surface area contributed by atoms with Crippen molar-refractivity contribution in [3.05, 3.63) is 60.7 Å². The van der Waals surface area contributed by atoms with Gasteiger partial charge in [0.25, 0.3) is 0 Å². The third-order valence-corrected chi connectivity index (χ3v) is 3.53. The number of hydrogen-bond donors (Lipinski definition) is 1. The van der Waals surface area contributed by atoms with Crippen LogP contribution in [0.5, 0.6) is 0 Å². The molecule has 19 heavy (non-hydrogen) atoms. The lowest BCUT2D eigenvalue weighted by molar-refractivity contribution is -0.138. The molecule has 0 radical (unpaired) electrons. The van der Waals surface area contributed by atoms with Gasteiger partial charge in [0, 0.05) is 11.4 Å². The van der Waals surface area contributed by atoms with E-state index in [-0.39, 0.29) is 0 Å². The summed E-state index contributed by atoms with van der Waals surface area (Å²) < 4.78 is -1.21.